The van der Waals surface area contributed by atoms with Crippen molar-refractivity contribution in [2.45, 2.75) is 45.3 Å². The Kier molecular flexibility index (Phi) is 6.10. The van der Waals surface area contributed by atoms with Crippen molar-refractivity contribution in [3.63, 3.8) is 0 Å². The fraction of sp³-hybridized carbons (Fsp3) is 0.647. The Hall–Kier alpha value is -1.76. The number of rotatable bonds is 7. The molecule has 1 aromatic heterocycles. The van der Waals surface area contributed by atoms with Crippen molar-refractivity contribution in [1.29, 1.82) is 0 Å². The number of halogens is 2. The third-order valence-electron chi connectivity index (χ3n) is 4.30. The van der Waals surface area contributed by atoms with Crippen LogP contribution in [-0.4, -0.2) is 46.3 Å². The van der Waals surface area contributed by atoms with Gasteiger partial charge in [-0.25, -0.2) is 13.6 Å². The Bertz CT molecular complexity index is 645. The molecular formula is C17H24F2N2O3. The summed E-state index contributed by atoms with van der Waals surface area (Å²) in [5.41, 5.74) is -0.374. The summed E-state index contributed by atoms with van der Waals surface area (Å²) >= 11 is 0. The molecule has 0 amide bonds. The van der Waals surface area contributed by atoms with E-state index in [1.165, 1.54) is 6.20 Å². The van der Waals surface area contributed by atoms with E-state index in [1.54, 1.807) is 0 Å². The minimum Gasteiger partial charge on any atom is -0.480 e. The third kappa shape index (κ3) is 4.63. The predicted octanol–water partition coefficient (Wildman–Crippen LogP) is 2.25. The number of hydrogen-bond acceptors (Lipinski definition) is 3. The summed E-state index contributed by atoms with van der Waals surface area (Å²) in [6.45, 7) is 5.28. The number of nitrogens with zero attached hydrogens (tertiary/aromatic N) is 2. The molecule has 1 N–H and O–H groups in total. The zero-order chi connectivity index (χ0) is 17.9. The predicted molar refractivity (Wildman–Crippen MR) is 86.4 cm³/mol. The highest BCUT2D eigenvalue weighted by Gasteiger charge is 2.24. The first kappa shape index (κ1) is 18.6. The molecule has 7 heteroatoms. The van der Waals surface area contributed by atoms with Crippen LogP contribution in [0.2, 0.25) is 0 Å². The molecule has 1 unspecified atom stereocenters. The van der Waals surface area contributed by atoms with Gasteiger partial charge in [0.2, 0.25) is 0 Å². The number of carboxylic acids is 1. The number of carbonyl (C=O) groups is 1. The molecule has 0 bridgehead atoms. The maximum absolute atomic E-state index is 14.0. The molecule has 0 saturated carbocycles. The van der Waals surface area contributed by atoms with Gasteiger partial charge in [-0.3, -0.25) is 9.36 Å². The lowest BCUT2D eigenvalue weighted by atomic mass is 10.0. The SMILES string of the molecule is CC(C)CC(C(=O)O)n1cc(CCN2CC[C@@H](F)C2)cc(F)c1=O. The van der Waals surface area contributed by atoms with Crippen molar-refractivity contribution in [3.8, 4) is 0 Å². The normalized spacial score (nSPS) is 19.8. The van der Waals surface area contributed by atoms with E-state index in [0.717, 1.165) is 10.6 Å². The Morgan fingerprint density at radius 3 is 2.71 bits per heavy atom. The molecule has 2 rings (SSSR count). The van der Waals surface area contributed by atoms with E-state index in [2.05, 4.69) is 0 Å². The minimum absolute atomic E-state index is 0.0517. The van der Waals surface area contributed by atoms with Gasteiger partial charge in [-0.15, -0.1) is 0 Å². The van der Waals surface area contributed by atoms with Crippen LogP contribution in [-0.2, 0) is 11.2 Å². The molecule has 24 heavy (non-hydrogen) atoms. The summed E-state index contributed by atoms with van der Waals surface area (Å²) in [7, 11) is 0. The second-order valence-corrected chi connectivity index (χ2v) is 6.83. The van der Waals surface area contributed by atoms with Gasteiger partial charge >= 0.3 is 5.97 Å². The molecule has 2 heterocycles. The highest BCUT2D eigenvalue weighted by atomic mass is 19.1. The third-order valence-corrected chi connectivity index (χ3v) is 4.30. The van der Waals surface area contributed by atoms with E-state index in [0.29, 0.717) is 38.0 Å². The number of alkyl halides is 1. The molecule has 1 saturated heterocycles. The molecule has 0 aromatic carbocycles. The van der Waals surface area contributed by atoms with E-state index >= 15 is 0 Å². The van der Waals surface area contributed by atoms with Crippen LogP contribution in [0.25, 0.3) is 0 Å². The number of carboxylic acid groups (broad SMARTS) is 1. The molecule has 1 aromatic rings. The molecule has 1 aliphatic rings. The first-order valence-corrected chi connectivity index (χ1v) is 8.27. The zero-order valence-electron chi connectivity index (χ0n) is 14.0. The Morgan fingerprint density at radius 1 is 1.46 bits per heavy atom. The highest BCUT2D eigenvalue weighted by molar-refractivity contribution is 5.71. The highest BCUT2D eigenvalue weighted by Crippen LogP contribution is 2.18. The van der Waals surface area contributed by atoms with Crippen molar-refractivity contribution >= 4 is 5.97 Å². The molecule has 134 valence electrons. The standard InChI is InChI=1S/C17H24F2N2O3/c1-11(2)7-15(17(23)24)21-9-12(8-14(19)16(21)22)3-5-20-6-4-13(18)10-20/h8-9,11,13,15H,3-7,10H2,1-2H3,(H,23,24)/t13-,15?/m1/s1. The van der Waals surface area contributed by atoms with Gasteiger partial charge in [0.25, 0.3) is 5.56 Å². The largest absolute Gasteiger partial charge is 0.480 e. The van der Waals surface area contributed by atoms with Crippen molar-refractivity contribution in [1.82, 2.24) is 9.47 Å². The molecule has 0 radical (unpaired) electrons. The Morgan fingerprint density at radius 2 is 2.17 bits per heavy atom. The molecule has 2 atom stereocenters. The van der Waals surface area contributed by atoms with Crippen molar-refractivity contribution in [2.75, 3.05) is 19.6 Å². The fourth-order valence-electron chi connectivity index (χ4n) is 3.05. The van der Waals surface area contributed by atoms with Gasteiger partial charge in [-0.05, 0) is 36.8 Å². The smallest absolute Gasteiger partial charge is 0.326 e. The van der Waals surface area contributed by atoms with Gasteiger partial charge in [0, 0.05) is 25.8 Å². The van der Waals surface area contributed by atoms with E-state index in [9.17, 15) is 23.5 Å². The average molecular weight is 342 g/mol. The summed E-state index contributed by atoms with van der Waals surface area (Å²) in [6.07, 6.45) is 1.79. The van der Waals surface area contributed by atoms with E-state index in [1.807, 2.05) is 18.7 Å². The first-order valence-electron chi connectivity index (χ1n) is 8.27. The van der Waals surface area contributed by atoms with Gasteiger partial charge in [0.15, 0.2) is 5.82 Å². The van der Waals surface area contributed by atoms with E-state index < -0.39 is 29.6 Å². The first-order chi connectivity index (χ1) is 11.3. The number of hydrogen-bond donors (Lipinski definition) is 1. The summed E-state index contributed by atoms with van der Waals surface area (Å²) in [5, 5.41) is 9.38. The summed E-state index contributed by atoms with van der Waals surface area (Å²) < 4.78 is 28.1. The van der Waals surface area contributed by atoms with Crippen LogP contribution < -0.4 is 5.56 Å². The van der Waals surface area contributed by atoms with Crippen molar-refractivity contribution in [2.24, 2.45) is 5.92 Å². The van der Waals surface area contributed by atoms with Crippen molar-refractivity contribution in [3.05, 3.63) is 34.0 Å². The molecule has 0 spiro atoms. The molecule has 5 nitrogen and oxygen atoms in total. The minimum atomic E-state index is -1.15. The van der Waals surface area contributed by atoms with Crippen molar-refractivity contribution < 1.29 is 18.7 Å². The summed E-state index contributed by atoms with van der Waals surface area (Å²) in [5.74, 6) is -2.05. The molecular weight excluding hydrogens is 318 g/mol. The monoisotopic (exact) mass is 342 g/mol. The second-order valence-electron chi connectivity index (χ2n) is 6.83. The Balaban J connectivity index is 2.20. The Labute approximate surface area is 139 Å². The topological polar surface area (TPSA) is 62.5 Å². The van der Waals surface area contributed by atoms with Gasteiger partial charge in [-0.2, -0.15) is 0 Å². The number of likely N-dealkylation sites (tertiary alicyclic amines) is 1. The number of aromatic nitrogens is 1. The zero-order valence-corrected chi connectivity index (χ0v) is 14.0. The summed E-state index contributed by atoms with van der Waals surface area (Å²) in [4.78, 5) is 25.4. The van der Waals surface area contributed by atoms with Gasteiger partial charge < -0.3 is 10.0 Å². The fourth-order valence-corrected chi connectivity index (χ4v) is 3.05. The van der Waals surface area contributed by atoms with Crippen LogP contribution in [0.5, 0.6) is 0 Å². The lowest BCUT2D eigenvalue weighted by Gasteiger charge is -2.19. The van der Waals surface area contributed by atoms with Gasteiger partial charge in [0.05, 0.1) is 0 Å². The number of aliphatic carboxylic acids is 1. The second kappa shape index (κ2) is 7.88. The summed E-state index contributed by atoms with van der Waals surface area (Å²) in [6, 6.07) is 0.0600. The molecule has 1 fully saturated rings. The van der Waals surface area contributed by atoms with Crippen LogP contribution in [0.4, 0.5) is 8.78 Å². The van der Waals surface area contributed by atoms with E-state index in [4.69, 9.17) is 0 Å². The van der Waals surface area contributed by atoms with Gasteiger partial charge in [-0.1, -0.05) is 13.8 Å². The number of pyridine rings is 1. The van der Waals surface area contributed by atoms with Crippen LogP contribution in [0.3, 0.4) is 0 Å². The van der Waals surface area contributed by atoms with Crippen LogP contribution >= 0.6 is 0 Å². The molecule has 1 aliphatic heterocycles. The van der Waals surface area contributed by atoms with E-state index in [-0.39, 0.29) is 12.3 Å². The molecule has 0 aliphatic carbocycles. The van der Waals surface area contributed by atoms with Crippen LogP contribution in [0.1, 0.15) is 38.3 Å². The lowest BCUT2D eigenvalue weighted by molar-refractivity contribution is -0.141. The quantitative estimate of drug-likeness (QED) is 0.825. The van der Waals surface area contributed by atoms with Gasteiger partial charge in [0.1, 0.15) is 12.2 Å². The lowest BCUT2D eigenvalue weighted by Crippen LogP contribution is -2.33. The van der Waals surface area contributed by atoms with Crippen LogP contribution in [0, 0.1) is 11.7 Å². The van der Waals surface area contributed by atoms with Crippen LogP contribution in [0.15, 0.2) is 17.1 Å². The average Bonchev–Trinajstić information content (AvgIpc) is 2.91. The maximum Gasteiger partial charge on any atom is 0.326 e. The maximum atomic E-state index is 14.0.